The lowest BCUT2D eigenvalue weighted by atomic mass is 9.90. The molecule has 1 amide bonds. The molecule has 1 aromatic heterocycles. The molecular weight excluding hydrogens is 294 g/mol. The quantitative estimate of drug-likeness (QED) is 0.895. The van der Waals surface area contributed by atoms with E-state index >= 15 is 0 Å². The molecular formula is C14H18ClN3OS. The fraction of sp³-hybridized carbons (Fsp3) is 0.429. The van der Waals surface area contributed by atoms with E-state index in [-0.39, 0.29) is 18.3 Å². The summed E-state index contributed by atoms with van der Waals surface area (Å²) in [6.07, 6.45) is 3.14. The maximum atomic E-state index is 12.4. The summed E-state index contributed by atoms with van der Waals surface area (Å²) in [5.41, 5.74) is 3.20. The number of thiazole rings is 1. The normalized spacial score (nSPS) is 22.2. The topological polar surface area (TPSA) is 54.0 Å². The van der Waals surface area contributed by atoms with Gasteiger partial charge in [0.2, 0.25) is 5.91 Å². The summed E-state index contributed by atoms with van der Waals surface area (Å²) in [6, 6.07) is 5.83. The average Bonchev–Trinajstić information content (AvgIpc) is 2.87. The fourth-order valence-electron chi connectivity index (χ4n) is 2.45. The highest BCUT2D eigenvalue weighted by molar-refractivity contribution is 7.16. The first kappa shape index (κ1) is 15.2. The number of fused-ring (bicyclic) bond motifs is 1. The Balaban J connectivity index is 0.00000147. The van der Waals surface area contributed by atoms with E-state index in [4.69, 9.17) is 0 Å². The van der Waals surface area contributed by atoms with Gasteiger partial charge in [0.05, 0.1) is 21.3 Å². The van der Waals surface area contributed by atoms with Crippen LogP contribution in [0.1, 0.15) is 26.2 Å². The van der Waals surface area contributed by atoms with E-state index in [9.17, 15) is 4.79 Å². The van der Waals surface area contributed by atoms with Crippen LogP contribution < -0.4 is 10.6 Å². The largest absolute Gasteiger partial charge is 0.324 e. The van der Waals surface area contributed by atoms with Crippen LogP contribution in [0.15, 0.2) is 23.7 Å². The standard InChI is InChI=1S/C14H17N3OS.ClH/c1-14(6-2-3-7-16-14)13(18)17-10-4-5-11-12(8-10)19-9-15-11;/h4-5,8-9,16H,2-3,6-7H2,1H3,(H,17,18);1H. The number of halogens is 1. The van der Waals surface area contributed by atoms with Crippen molar-refractivity contribution in [2.45, 2.75) is 31.7 Å². The van der Waals surface area contributed by atoms with E-state index in [0.29, 0.717) is 0 Å². The molecule has 3 rings (SSSR count). The molecule has 2 aromatic rings. The van der Waals surface area contributed by atoms with Gasteiger partial charge >= 0.3 is 0 Å². The summed E-state index contributed by atoms with van der Waals surface area (Å²) < 4.78 is 1.10. The van der Waals surface area contributed by atoms with Crippen LogP contribution in [0.25, 0.3) is 10.2 Å². The molecule has 0 aliphatic carbocycles. The molecule has 0 spiro atoms. The number of carbonyl (C=O) groups is 1. The van der Waals surface area contributed by atoms with Crippen LogP contribution in [-0.2, 0) is 4.79 Å². The second kappa shape index (κ2) is 6.08. The second-order valence-corrected chi connectivity index (χ2v) is 6.09. The Kier molecular flexibility index (Phi) is 4.62. The SMILES string of the molecule is CC1(C(=O)Nc2ccc3ncsc3c2)CCCCN1.Cl. The number of piperidine rings is 1. The minimum Gasteiger partial charge on any atom is -0.324 e. The molecule has 1 saturated heterocycles. The molecule has 1 fully saturated rings. The minimum atomic E-state index is -0.444. The maximum absolute atomic E-state index is 12.4. The molecule has 1 atom stereocenters. The van der Waals surface area contributed by atoms with Crippen LogP contribution in [0.5, 0.6) is 0 Å². The van der Waals surface area contributed by atoms with Gasteiger partial charge in [-0.05, 0) is 50.9 Å². The molecule has 1 aromatic carbocycles. The van der Waals surface area contributed by atoms with Gasteiger partial charge in [0.1, 0.15) is 0 Å². The number of carbonyl (C=O) groups excluding carboxylic acids is 1. The Labute approximate surface area is 128 Å². The van der Waals surface area contributed by atoms with Gasteiger partial charge in [-0.25, -0.2) is 4.98 Å². The first-order valence-corrected chi connectivity index (χ1v) is 7.45. The highest BCUT2D eigenvalue weighted by Gasteiger charge is 2.34. The zero-order valence-electron chi connectivity index (χ0n) is 11.3. The highest BCUT2D eigenvalue weighted by Crippen LogP contribution is 2.24. The summed E-state index contributed by atoms with van der Waals surface area (Å²) in [5.74, 6) is 0.0519. The van der Waals surface area contributed by atoms with E-state index in [1.165, 1.54) is 0 Å². The van der Waals surface area contributed by atoms with Crippen LogP contribution >= 0.6 is 23.7 Å². The van der Waals surface area contributed by atoms with Crippen molar-refractivity contribution in [3.8, 4) is 0 Å². The van der Waals surface area contributed by atoms with Gasteiger partial charge in [-0.2, -0.15) is 0 Å². The minimum absolute atomic E-state index is 0. The van der Waals surface area contributed by atoms with E-state index in [1.807, 2.05) is 30.6 Å². The van der Waals surface area contributed by atoms with Crippen LogP contribution in [0.3, 0.4) is 0 Å². The monoisotopic (exact) mass is 311 g/mol. The molecule has 2 N–H and O–H groups in total. The fourth-order valence-corrected chi connectivity index (χ4v) is 3.17. The van der Waals surface area contributed by atoms with Crippen molar-refractivity contribution in [2.75, 3.05) is 11.9 Å². The van der Waals surface area contributed by atoms with Crippen LogP contribution in [0, 0.1) is 0 Å². The number of nitrogens with one attached hydrogen (secondary N) is 2. The van der Waals surface area contributed by atoms with Gasteiger partial charge in [0.15, 0.2) is 0 Å². The summed E-state index contributed by atoms with van der Waals surface area (Å²) in [4.78, 5) is 16.6. The molecule has 0 saturated carbocycles. The molecule has 4 nitrogen and oxygen atoms in total. The van der Waals surface area contributed by atoms with Gasteiger partial charge < -0.3 is 10.6 Å². The number of hydrogen-bond acceptors (Lipinski definition) is 4. The van der Waals surface area contributed by atoms with Crippen molar-refractivity contribution in [2.24, 2.45) is 0 Å². The maximum Gasteiger partial charge on any atom is 0.244 e. The molecule has 1 aliphatic rings. The van der Waals surface area contributed by atoms with Crippen LogP contribution in [0.2, 0.25) is 0 Å². The third kappa shape index (κ3) is 2.95. The first-order valence-electron chi connectivity index (χ1n) is 6.57. The first-order chi connectivity index (χ1) is 9.17. The lowest BCUT2D eigenvalue weighted by Crippen LogP contribution is -2.54. The van der Waals surface area contributed by atoms with Gasteiger partial charge in [0.25, 0.3) is 0 Å². The molecule has 1 aliphatic heterocycles. The number of aromatic nitrogens is 1. The Morgan fingerprint density at radius 1 is 1.45 bits per heavy atom. The van der Waals surface area contributed by atoms with Gasteiger partial charge in [-0.1, -0.05) is 0 Å². The molecule has 0 bridgehead atoms. The van der Waals surface area contributed by atoms with E-state index in [1.54, 1.807) is 11.3 Å². The number of nitrogens with zero attached hydrogens (tertiary/aromatic N) is 1. The Bertz CT molecular complexity index is 607. The lowest BCUT2D eigenvalue weighted by Gasteiger charge is -2.33. The highest BCUT2D eigenvalue weighted by atomic mass is 35.5. The third-order valence-electron chi connectivity index (χ3n) is 3.71. The zero-order valence-corrected chi connectivity index (χ0v) is 12.9. The average molecular weight is 312 g/mol. The predicted molar refractivity (Wildman–Crippen MR) is 85.8 cm³/mol. The molecule has 0 radical (unpaired) electrons. The second-order valence-electron chi connectivity index (χ2n) is 5.20. The van der Waals surface area contributed by atoms with Crippen molar-refractivity contribution in [1.82, 2.24) is 10.3 Å². The molecule has 6 heteroatoms. The van der Waals surface area contributed by atoms with Crippen molar-refractivity contribution >= 4 is 45.6 Å². The predicted octanol–water partition coefficient (Wildman–Crippen LogP) is 3.19. The Morgan fingerprint density at radius 3 is 3.05 bits per heavy atom. The van der Waals surface area contributed by atoms with Crippen LogP contribution in [0.4, 0.5) is 5.69 Å². The molecule has 20 heavy (non-hydrogen) atoms. The van der Waals surface area contributed by atoms with Crippen molar-refractivity contribution in [1.29, 1.82) is 0 Å². The van der Waals surface area contributed by atoms with Crippen LogP contribution in [-0.4, -0.2) is 23.0 Å². The summed E-state index contributed by atoms with van der Waals surface area (Å²) in [5, 5.41) is 6.34. The number of amides is 1. The zero-order chi connectivity index (χ0) is 13.3. The molecule has 2 heterocycles. The Morgan fingerprint density at radius 2 is 2.30 bits per heavy atom. The number of rotatable bonds is 2. The van der Waals surface area contributed by atoms with Gasteiger partial charge in [-0.15, -0.1) is 23.7 Å². The smallest absolute Gasteiger partial charge is 0.244 e. The van der Waals surface area contributed by atoms with E-state index in [0.717, 1.165) is 41.7 Å². The van der Waals surface area contributed by atoms with Gasteiger partial charge in [0, 0.05) is 5.69 Å². The summed E-state index contributed by atoms with van der Waals surface area (Å²) in [6.45, 7) is 2.89. The van der Waals surface area contributed by atoms with E-state index < -0.39 is 5.54 Å². The van der Waals surface area contributed by atoms with Crippen molar-refractivity contribution in [3.05, 3.63) is 23.7 Å². The molecule has 1 unspecified atom stereocenters. The van der Waals surface area contributed by atoms with Crippen molar-refractivity contribution < 1.29 is 4.79 Å². The van der Waals surface area contributed by atoms with Gasteiger partial charge in [-0.3, -0.25) is 4.79 Å². The molecule has 108 valence electrons. The summed E-state index contributed by atoms with van der Waals surface area (Å²) >= 11 is 1.59. The Hall–Kier alpha value is -1.17. The lowest BCUT2D eigenvalue weighted by molar-refractivity contribution is -0.122. The van der Waals surface area contributed by atoms with Crippen molar-refractivity contribution in [3.63, 3.8) is 0 Å². The third-order valence-corrected chi connectivity index (χ3v) is 4.50. The number of benzene rings is 1. The van der Waals surface area contributed by atoms with E-state index in [2.05, 4.69) is 15.6 Å². The number of anilines is 1. The summed E-state index contributed by atoms with van der Waals surface area (Å²) in [7, 11) is 0. The number of hydrogen-bond donors (Lipinski definition) is 2.